The Morgan fingerprint density at radius 3 is 2.50 bits per heavy atom. The van der Waals surface area contributed by atoms with Gasteiger partial charge in [0.2, 0.25) is 0 Å². The maximum atomic E-state index is 12.8. The quantitative estimate of drug-likeness (QED) is 0.289. The first kappa shape index (κ1) is 21.8. The van der Waals surface area contributed by atoms with E-state index in [1.165, 1.54) is 0 Å². The summed E-state index contributed by atoms with van der Waals surface area (Å²) in [6.07, 6.45) is 0. The molecule has 10 nitrogen and oxygen atoms in total. The summed E-state index contributed by atoms with van der Waals surface area (Å²) in [4.78, 5) is 21.5. The fourth-order valence-corrected chi connectivity index (χ4v) is 3.24. The second-order valence-electron chi connectivity index (χ2n) is 7.65. The molecule has 2 heterocycles. The Labute approximate surface area is 183 Å². The van der Waals surface area contributed by atoms with Crippen LogP contribution in [-0.2, 0) is 10.3 Å². The van der Waals surface area contributed by atoms with Gasteiger partial charge in [-0.25, -0.2) is 0 Å². The molecule has 1 amide bonds. The minimum absolute atomic E-state index is 0.0838. The Balaban J connectivity index is 1.60. The van der Waals surface area contributed by atoms with Gasteiger partial charge in [-0.1, -0.05) is 12.1 Å². The van der Waals surface area contributed by atoms with Crippen LogP contribution in [-0.4, -0.2) is 52.5 Å². The van der Waals surface area contributed by atoms with Gasteiger partial charge in [0, 0.05) is 12.1 Å². The lowest BCUT2D eigenvalue weighted by Crippen LogP contribution is -2.30. The number of hydrogen-bond donors (Lipinski definition) is 4. The van der Waals surface area contributed by atoms with Crippen molar-refractivity contribution in [3.8, 4) is 0 Å². The van der Waals surface area contributed by atoms with E-state index in [4.69, 9.17) is 18.7 Å². The maximum Gasteiger partial charge on any atom is 0.303 e. The molecule has 0 aliphatic heterocycles. The standard InChI is InChI=1S/C22H24N4O6/c1-22(2,29)14-12-18-16(11-13(14)19(28)23-7-9-30-10-8-27)25-21(32-18)26-20-24-15-5-3-4-6-17(15)31-20/h3-6,11-12,27,29H,7-10H2,1-2H3,(H,23,28)(H,24,25,26). The number of rotatable bonds is 9. The van der Waals surface area contributed by atoms with Gasteiger partial charge in [-0.2, -0.15) is 9.97 Å². The van der Waals surface area contributed by atoms with Crippen molar-refractivity contribution in [2.24, 2.45) is 0 Å². The highest BCUT2D eigenvalue weighted by atomic mass is 16.5. The number of hydrogen-bond acceptors (Lipinski definition) is 9. The Morgan fingerprint density at radius 1 is 1.06 bits per heavy atom. The Hall–Kier alpha value is -3.47. The molecule has 0 aliphatic rings. The van der Waals surface area contributed by atoms with Crippen LogP contribution >= 0.6 is 0 Å². The first-order valence-electron chi connectivity index (χ1n) is 10.1. The van der Waals surface area contributed by atoms with Crippen molar-refractivity contribution in [2.45, 2.75) is 19.4 Å². The summed E-state index contributed by atoms with van der Waals surface area (Å²) in [5, 5.41) is 25.0. The molecule has 0 fully saturated rings. The van der Waals surface area contributed by atoms with Crippen molar-refractivity contribution in [1.82, 2.24) is 15.3 Å². The summed E-state index contributed by atoms with van der Waals surface area (Å²) >= 11 is 0. The van der Waals surface area contributed by atoms with Gasteiger partial charge < -0.3 is 29.1 Å². The van der Waals surface area contributed by atoms with E-state index in [-0.39, 0.29) is 49.9 Å². The molecule has 4 aromatic rings. The summed E-state index contributed by atoms with van der Waals surface area (Å²) in [7, 11) is 0. The Bertz CT molecular complexity index is 1210. The number of anilines is 2. The third kappa shape index (κ3) is 4.72. The van der Waals surface area contributed by atoms with Gasteiger partial charge in [0.15, 0.2) is 11.2 Å². The number of oxazole rings is 2. The normalized spacial score (nSPS) is 11.9. The van der Waals surface area contributed by atoms with Gasteiger partial charge in [-0.05, 0) is 43.7 Å². The molecule has 4 rings (SSSR count). The molecule has 32 heavy (non-hydrogen) atoms. The van der Waals surface area contributed by atoms with Gasteiger partial charge in [-0.3, -0.25) is 10.1 Å². The van der Waals surface area contributed by atoms with Crippen molar-refractivity contribution in [3.63, 3.8) is 0 Å². The third-order valence-corrected chi connectivity index (χ3v) is 4.71. The second-order valence-corrected chi connectivity index (χ2v) is 7.65. The van der Waals surface area contributed by atoms with Gasteiger partial charge >= 0.3 is 12.0 Å². The van der Waals surface area contributed by atoms with Crippen LogP contribution in [0, 0.1) is 0 Å². The van der Waals surface area contributed by atoms with Gasteiger partial charge in [0.05, 0.1) is 25.4 Å². The zero-order valence-electron chi connectivity index (χ0n) is 17.7. The van der Waals surface area contributed by atoms with Crippen molar-refractivity contribution in [1.29, 1.82) is 0 Å². The molecule has 0 saturated heterocycles. The van der Waals surface area contributed by atoms with Crippen LogP contribution in [0.4, 0.5) is 12.0 Å². The third-order valence-electron chi connectivity index (χ3n) is 4.71. The SMILES string of the molecule is CC(C)(O)c1cc2oc(Nc3nc4ccccc4o3)nc2cc1C(=O)NCCOCCO. The minimum atomic E-state index is -1.30. The molecule has 2 aromatic heterocycles. The number of fused-ring (bicyclic) bond motifs is 2. The molecule has 10 heteroatoms. The number of nitrogens with zero attached hydrogens (tertiary/aromatic N) is 2. The number of aliphatic hydroxyl groups excluding tert-OH is 1. The number of carbonyl (C=O) groups excluding carboxylic acids is 1. The number of nitrogens with one attached hydrogen (secondary N) is 2. The largest absolute Gasteiger partial charge is 0.423 e. The van der Waals surface area contributed by atoms with E-state index in [1.54, 1.807) is 32.0 Å². The first-order valence-corrected chi connectivity index (χ1v) is 10.1. The molecule has 0 bridgehead atoms. The summed E-state index contributed by atoms with van der Waals surface area (Å²) in [5.74, 6) is -0.381. The van der Waals surface area contributed by atoms with E-state index in [0.717, 1.165) is 0 Å². The molecule has 4 N–H and O–H groups in total. The highest BCUT2D eigenvalue weighted by molar-refractivity contribution is 5.99. The van der Waals surface area contributed by atoms with Crippen molar-refractivity contribution in [2.75, 3.05) is 31.7 Å². The van der Waals surface area contributed by atoms with Crippen LogP contribution in [0.2, 0.25) is 0 Å². The van der Waals surface area contributed by atoms with E-state index in [9.17, 15) is 9.90 Å². The highest BCUT2D eigenvalue weighted by Crippen LogP contribution is 2.31. The van der Waals surface area contributed by atoms with Crippen LogP contribution in [0.15, 0.2) is 45.2 Å². The predicted octanol–water partition coefficient (Wildman–Crippen LogP) is 2.68. The average molecular weight is 440 g/mol. The summed E-state index contributed by atoms with van der Waals surface area (Å²) < 4.78 is 16.5. The van der Waals surface area contributed by atoms with Gasteiger partial charge in [0.25, 0.3) is 5.91 Å². The van der Waals surface area contributed by atoms with Crippen LogP contribution in [0.5, 0.6) is 0 Å². The zero-order chi connectivity index (χ0) is 22.7. The Kier molecular flexibility index (Phi) is 6.08. The molecule has 0 saturated carbocycles. The monoisotopic (exact) mass is 440 g/mol. The number of benzene rings is 2. The van der Waals surface area contributed by atoms with E-state index < -0.39 is 5.60 Å². The highest BCUT2D eigenvalue weighted by Gasteiger charge is 2.26. The van der Waals surface area contributed by atoms with Crippen LogP contribution in [0.25, 0.3) is 22.2 Å². The molecule has 0 aliphatic carbocycles. The molecule has 2 aromatic carbocycles. The van der Waals surface area contributed by atoms with E-state index in [1.807, 2.05) is 18.2 Å². The van der Waals surface area contributed by atoms with E-state index in [0.29, 0.717) is 27.8 Å². The lowest BCUT2D eigenvalue weighted by molar-refractivity contribution is 0.0733. The molecular weight excluding hydrogens is 416 g/mol. The lowest BCUT2D eigenvalue weighted by atomic mass is 9.92. The fourth-order valence-electron chi connectivity index (χ4n) is 3.24. The smallest absolute Gasteiger partial charge is 0.303 e. The number of aromatic nitrogens is 2. The van der Waals surface area contributed by atoms with Crippen molar-refractivity contribution in [3.05, 3.63) is 47.5 Å². The number of ether oxygens (including phenoxy) is 1. The molecular formula is C22H24N4O6. The van der Waals surface area contributed by atoms with E-state index >= 15 is 0 Å². The van der Waals surface area contributed by atoms with Crippen LogP contribution in [0.1, 0.15) is 29.8 Å². The number of carbonyl (C=O) groups is 1. The Morgan fingerprint density at radius 2 is 1.78 bits per heavy atom. The predicted molar refractivity (Wildman–Crippen MR) is 117 cm³/mol. The van der Waals surface area contributed by atoms with Gasteiger partial charge in [-0.15, -0.1) is 0 Å². The maximum absolute atomic E-state index is 12.8. The molecule has 0 radical (unpaired) electrons. The summed E-state index contributed by atoms with van der Waals surface area (Å²) in [6, 6.07) is 10.9. The lowest BCUT2D eigenvalue weighted by Gasteiger charge is -2.21. The van der Waals surface area contributed by atoms with Crippen LogP contribution < -0.4 is 10.6 Å². The topological polar surface area (TPSA) is 143 Å². The fraction of sp³-hybridized carbons (Fsp3) is 0.318. The van der Waals surface area contributed by atoms with Gasteiger partial charge in [0.1, 0.15) is 11.0 Å². The van der Waals surface area contributed by atoms with Crippen LogP contribution in [0.3, 0.4) is 0 Å². The molecule has 0 unspecified atom stereocenters. The molecule has 168 valence electrons. The summed E-state index contributed by atoms with van der Waals surface area (Å²) in [6.45, 7) is 3.80. The molecule has 0 atom stereocenters. The number of amides is 1. The zero-order valence-corrected chi connectivity index (χ0v) is 17.7. The van der Waals surface area contributed by atoms with Crippen molar-refractivity contribution < 1.29 is 28.6 Å². The summed E-state index contributed by atoms with van der Waals surface area (Å²) in [5.41, 5.74) is 1.50. The minimum Gasteiger partial charge on any atom is -0.423 e. The number of aliphatic hydroxyl groups is 2. The number of para-hydroxylation sites is 2. The van der Waals surface area contributed by atoms with E-state index in [2.05, 4.69) is 20.6 Å². The van der Waals surface area contributed by atoms with Crippen molar-refractivity contribution >= 4 is 40.1 Å². The molecule has 0 spiro atoms. The first-order chi connectivity index (χ1) is 15.3. The second kappa shape index (κ2) is 8.95. The average Bonchev–Trinajstić information content (AvgIpc) is 3.34.